The maximum atomic E-state index is 9.79. The van der Waals surface area contributed by atoms with E-state index >= 15 is 0 Å². The highest BCUT2D eigenvalue weighted by Crippen LogP contribution is 2.20. The number of rotatable bonds is 4. The molecule has 0 heterocycles. The Morgan fingerprint density at radius 1 is 1.50 bits per heavy atom. The topological polar surface area (TPSA) is 38.3 Å². The summed E-state index contributed by atoms with van der Waals surface area (Å²) < 4.78 is 5.30. The summed E-state index contributed by atoms with van der Waals surface area (Å²) in [6.45, 7) is 0.369. The summed E-state index contributed by atoms with van der Waals surface area (Å²) in [4.78, 5) is 9.79. The quantitative estimate of drug-likeness (QED) is 0.356. The summed E-state index contributed by atoms with van der Waals surface area (Å²) >= 11 is 0. The zero-order valence-corrected chi connectivity index (χ0v) is 6.01. The molecule has 0 saturated heterocycles. The number of amides is 1. The van der Waals surface area contributed by atoms with Gasteiger partial charge < -0.3 is 10.1 Å². The van der Waals surface area contributed by atoms with Crippen LogP contribution in [0.1, 0.15) is 25.7 Å². The minimum Gasteiger partial charge on any atom is -0.358 e. The Balaban J connectivity index is 1.96. The lowest BCUT2D eigenvalue weighted by molar-refractivity contribution is -0.111. The second-order valence-corrected chi connectivity index (χ2v) is 2.54. The standard InChI is InChI=1S/C7H13NO2/c9-5-8-6-10-7-3-1-2-4-7/h5,7H,1-4,6H2,(H,8,9). The van der Waals surface area contributed by atoms with Crippen molar-refractivity contribution in [3.8, 4) is 0 Å². The van der Waals surface area contributed by atoms with Gasteiger partial charge in [0.1, 0.15) is 6.73 Å². The third kappa shape index (κ3) is 2.35. The first-order valence-electron chi connectivity index (χ1n) is 3.72. The van der Waals surface area contributed by atoms with Crippen LogP contribution in [0.2, 0.25) is 0 Å². The van der Waals surface area contributed by atoms with E-state index in [1.807, 2.05) is 0 Å². The minimum absolute atomic E-state index is 0.369. The molecule has 1 fully saturated rings. The zero-order chi connectivity index (χ0) is 7.23. The molecule has 0 unspecified atom stereocenters. The lowest BCUT2D eigenvalue weighted by atomic mass is 10.3. The highest BCUT2D eigenvalue weighted by atomic mass is 16.5. The Morgan fingerprint density at radius 2 is 2.20 bits per heavy atom. The van der Waals surface area contributed by atoms with Gasteiger partial charge in [-0.2, -0.15) is 0 Å². The molecular formula is C7H13NO2. The van der Waals surface area contributed by atoms with E-state index in [9.17, 15) is 4.79 Å². The van der Waals surface area contributed by atoms with E-state index in [0.29, 0.717) is 19.2 Å². The number of carbonyl (C=O) groups excluding carboxylic acids is 1. The first-order chi connectivity index (χ1) is 4.93. The van der Waals surface area contributed by atoms with Crippen molar-refractivity contribution in [3.05, 3.63) is 0 Å². The van der Waals surface area contributed by atoms with Crippen LogP contribution in [0.15, 0.2) is 0 Å². The van der Waals surface area contributed by atoms with Crippen LogP contribution in [0, 0.1) is 0 Å². The molecule has 0 aromatic heterocycles. The normalized spacial score (nSPS) is 19.2. The van der Waals surface area contributed by atoms with E-state index in [0.717, 1.165) is 12.8 Å². The van der Waals surface area contributed by atoms with Gasteiger partial charge in [0.2, 0.25) is 6.41 Å². The van der Waals surface area contributed by atoms with Gasteiger partial charge in [-0.25, -0.2) is 0 Å². The van der Waals surface area contributed by atoms with Gasteiger partial charge >= 0.3 is 0 Å². The average molecular weight is 143 g/mol. The summed E-state index contributed by atoms with van der Waals surface area (Å²) in [5.41, 5.74) is 0. The summed E-state index contributed by atoms with van der Waals surface area (Å²) in [5, 5.41) is 2.47. The van der Waals surface area contributed by atoms with Crippen molar-refractivity contribution in [2.45, 2.75) is 31.8 Å². The largest absolute Gasteiger partial charge is 0.358 e. The van der Waals surface area contributed by atoms with Gasteiger partial charge in [0, 0.05) is 0 Å². The van der Waals surface area contributed by atoms with Gasteiger partial charge in [-0.3, -0.25) is 4.79 Å². The van der Waals surface area contributed by atoms with E-state index < -0.39 is 0 Å². The molecule has 1 aliphatic carbocycles. The van der Waals surface area contributed by atoms with Crippen LogP contribution >= 0.6 is 0 Å². The van der Waals surface area contributed by atoms with Crippen LogP contribution in [0.25, 0.3) is 0 Å². The maximum Gasteiger partial charge on any atom is 0.208 e. The van der Waals surface area contributed by atoms with E-state index in [2.05, 4.69) is 5.32 Å². The lowest BCUT2D eigenvalue weighted by Crippen LogP contribution is -2.20. The van der Waals surface area contributed by atoms with Crippen LogP contribution in [0.5, 0.6) is 0 Å². The Morgan fingerprint density at radius 3 is 2.80 bits per heavy atom. The Hall–Kier alpha value is -0.570. The van der Waals surface area contributed by atoms with Gasteiger partial charge in [0.15, 0.2) is 0 Å². The predicted molar refractivity (Wildman–Crippen MR) is 37.4 cm³/mol. The zero-order valence-electron chi connectivity index (χ0n) is 6.01. The Kier molecular flexibility index (Phi) is 3.22. The van der Waals surface area contributed by atoms with Crippen molar-refractivity contribution in [1.82, 2.24) is 5.32 Å². The molecule has 0 aliphatic heterocycles. The van der Waals surface area contributed by atoms with Crippen LogP contribution in [-0.4, -0.2) is 19.2 Å². The van der Waals surface area contributed by atoms with Crippen molar-refractivity contribution < 1.29 is 9.53 Å². The third-order valence-electron chi connectivity index (χ3n) is 1.79. The number of hydrogen-bond acceptors (Lipinski definition) is 2. The highest BCUT2D eigenvalue weighted by molar-refractivity contribution is 5.45. The van der Waals surface area contributed by atoms with Gasteiger partial charge in [-0.05, 0) is 12.8 Å². The molecule has 1 aliphatic rings. The fraction of sp³-hybridized carbons (Fsp3) is 0.857. The van der Waals surface area contributed by atoms with Crippen molar-refractivity contribution in [3.63, 3.8) is 0 Å². The summed E-state index contributed by atoms with van der Waals surface area (Å²) in [7, 11) is 0. The van der Waals surface area contributed by atoms with Crippen LogP contribution in [0.3, 0.4) is 0 Å². The summed E-state index contributed by atoms with van der Waals surface area (Å²) in [5.74, 6) is 0. The van der Waals surface area contributed by atoms with E-state index in [-0.39, 0.29) is 0 Å². The van der Waals surface area contributed by atoms with E-state index in [1.165, 1.54) is 12.8 Å². The number of carbonyl (C=O) groups is 1. The van der Waals surface area contributed by atoms with E-state index in [4.69, 9.17) is 4.74 Å². The van der Waals surface area contributed by atoms with Gasteiger partial charge in [-0.15, -0.1) is 0 Å². The average Bonchev–Trinajstić information content (AvgIpc) is 2.41. The first-order valence-corrected chi connectivity index (χ1v) is 3.72. The molecular weight excluding hydrogens is 130 g/mol. The second kappa shape index (κ2) is 4.28. The molecule has 0 bridgehead atoms. The summed E-state index contributed by atoms with van der Waals surface area (Å²) in [6, 6.07) is 0. The van der Waals surface area contributed by atoms with Crippen molar-refractivity contribution in [2.24, 2.45) is 0 Å². The van der Waals surface area contributed by atoms with Crippen LogP contribution < -0.4 is 5.32 Å². The highest BCUT2D eigenvalue weighted by Gasteiger charge is 2.14. The molecule has 58 valence electrons. The molecule has 1 N–H and O–H groups in total. The van der Waals surface area contributed by atoms with Gasteiger partial charge in [0.25, 0.3) is 0 Å². The first kappa shape index (κ1) is 7.54. The molecule has 1 amide bonds. The fourth-order valence-electron chi connectivity index (χ4n) is 1.26. The monoisotopic (exact) mass is 143 g/mol. The Bertz CT molecular complexity index is 99.8. The van der Waals surface area contributed by atoms with E-state index in [1.54, 1.807) is 0 Å². The van der Waals surface area contributed by atoms with Crippen molar-refractivity contribution in [1.29, 1.82) is 0 Å². The molecule has 0 aromatic rings. The molecule has 1 saturated carbocycles. The molecule has 1 rings (SSSR count). The number of hydrogen-bond donors (Lipinski definition) is 1. The second-order valence-electron chi connectivity index (χ2n) is 2.54. The van der Waals surface area contributed by atoms with Crippen molar-refractivity contribution >= 4 is 6.41 Å². The number of ether oxygens (including phenoxy) is 1. The van der Waals surface area contributed by atoms with Crippen molar-refractivity contribution in [2.75, 3.05) is 6.73 Å². The predicted octanol–water partition coefficient (Wildman–Crippen LogP) is 0.649. The van der Waals surface area contributed by atoms with Crippen LogP contribution in [-0.2, 0) is 9.53 Å². The maximum absolute atomic E-state index is 9.79. The molecule has 0 spiro atoms. The fourth-order valence-corrected chi connectivity index (χ4v) is 1.26. The molecule has 0 atom stereocenters. The molecule has 0 aromatic carbocycles. The number of nitrogens with one attached hydrogen (secondary N) is 1. The Labute approximate surface area is 60.7 Å². The van der Waals surface area contributed by atoms with Crippen LogP contribution in [0.4, 0.5) is 0 Å². The minimum atomic E-state index is 0.369. The smallest absolute Gasteiger partial charge is 0.208 e. The van der Waals surface area contributed by atoms with Gasteiger partial charge in [0.05, 0.1) is 6.10 Å². The van der Waals surface area contributed by atoms with Gasteiger partial charge in [-0.1, -0.05) is 12.8 Å². The summed E-state index contributed by atoms with van der Waals surface area (Å²) in [6.07, 6.45) is 5.90. The molecule has 3 nitrogen and oxygen atoms in total. The molecule has 10 heavy (non-hydrogen) atoms. The molecule has 3 heteroatoms. The lowest BCUT2D eigenvalue weighted by Gasteiger charge is -2.08. The molecule has 0 radical (unpaired) electrons. The SMILES string of the molecule is O=CNCOC1CCCC1. The third-order valence-corrected chi connectivity index (χ3v) is 1.79.